The summed E-state index contributed by atoms with van der Waals surface area (Å²) in [4.78, 5) is 28.4. The summed E-state index contributed by atoms with van der Waals surface area (Å²) in [5, 5.41) is 4.91. The first kappa shape index (κ1) is 18.3. The van der Waals surface area contributed by atoms with Crippen LogP contribution in [-0.2, 0) is 28.7 Å². The minimum absolute atomic E-state index is 0.0256. The molecule has 0 bridgehead atoms. The van der Waals surface area contributed by atoms with Crippen LogP contribution in [0.4, 0.5) is 24.5 Å². The first-order valence-corrected chi connectivity index (χ1v) is 8.72. The molecule has 4 rings (SSSR count). The molecule has 10 heteroatoms. The lowest BCUT2D eigenvalue weighted by Crippen LogP contribution is -2.31. The van der Waals surface area contributed by atoms with Gasteiger partial charge in [-0.2, -0.15) is 13.2 Å². The lowest BCUT2D eigenvalue weighted by atomic mass is 9.95. The third-order valence-corrected chi connectivity index (χ3v) is 4.96. The van der Waals surface area contributed by atoms with Crippen molar-refractivity contribution in [3.8, 4) is 5.75 Å². The summed E-state index contributed by atoms with van der Waals surface area (Å²) in [6.07, 6.45) is -1.93. The van der Waals surface area contributed by atoms with Crippen molar-refractivity contribution >= 4 is 23.2 Å². The summed E-state index contributed by atoms with van der Waals surface area (Å²) in [5.74, 6) is -0.457. The number of nitrogens with one attached hydrogen (secondary N) is 2. The number of halogens is 3. The number of alkyl halides is 3. The average molecular weight is 394 g/mol. The molecule has 1 aromatic carbocycles. The second kappa shape index (κ2) is 6.54. The Balaban J connectivity index is 1.61. The predicted molar refractivity (Wildman–Crippen MR) is 93.0 cm³/mol. The van der Waals surface area contributed by atoms with Crippen LogP contribution < -0.4 is 15.4 Å². The molecule has 0 saturated carbocycles. The van der Waals surface area contributed by atoms with Crippen LogP contribution in [0.2, 0.25) is 0 Å². The Bertz CT molecular complexity index is 968. The van der Waals surface area contributed by atoms with Crippen molar-refractivity contribution in [3.05, 3.63) is 35.4 Å². The number of benzene rings is 1. The van der Waals surface area contributed by atoms with Crippen LogP contribution >= 0.6 is 0 Å². The van der Waals surface area contributed by atoms with E-state index in [1.165, 1.54) is 0 Å². The highest BCUT2D eigenvalue weighted by Gasteiger charge is 2.35. The molecule has 3 heterocycles. The van der Waals surface area contributed by atoms with Gasteiger partial charge >= 0.3 is 6.18 Å². The molecule has 2 aliphatic heterocycles. The number of carbonyl (C=O) groups is 2. The minimum atomic E-state index is -4.63. The van der Waals surface area contributed by atoms with E-state index in [1.807, 2.05) is 11.5 Å². The Morgan fingerprint density at radius 3 is 2.93 bits per heavy atom. The Hall–Kier alpha value is -3.04. The lowest BCUT2D eigenvalue weighted by Gasteiger charge is -2.26. The Labute approximate surface area is 157 Å². The summed E-state index contributed by atoms with van der Waals surface area (Å²) in [7, 11) is 0. The fourth-order valence-electron chi connectivity index (χ4n) is 3.54. The molecule has 2 amide bonds. The second-order valence-electron chi connectivity index (χ2n) is 6.86. The van der Waals surface area contributed by atoms with E-state index in [4.69, 9.17) is 4.74 Å². The van der Waals surface area contributed by atoms with Gasteiger partial charge in [0.25, 0.3) is 5.91 Å². The molecule has 1 atom stereocenters. The molecule has 28 heavy (non-hydrogen) atoms. The number of aryl methyl sites for hydroxylation is 1. The SMILES string of the molecule is Cc1ncc2n1CCC(C(=O)Nc1cc(C(F)(F)F)cc3c1OCC(=O)N3)C2. The number of hydrogen-bond acceptors (Lipinski definition) is 4. The Morgan fingerprint density at radius 1 is 1.39 bits per heavy atom. The van der Waals surface area contributed by atoms with Gasteiger partial charge in [-0.1, -0.05) is 0 Å². The first-order valence-electron chi connectivity index (χ1n) is 8.72. The number of hydrogen-bond donors (Lipinski definition) is 2. The zero-order valence-electron chi connectivity index (χ0n) is 14.9. The number of nitrogens with zero attached hydrogens (tertiary/aromatic N) is 2. The minimum Gasteiger partial charge on any atom is -0.479 e. The van der Waals surface area contributed by atoms with Gasteiger partial charge in [0.1, 0.15) is 5.82 Å². The molecule has 0 aliphatic carbocycles. The Kier molecular flexibility index (Phi) is 4.28. The van der Waals surface area contributed by atoms with Crippen LogP contribution in [0.3, 0.4) is 0 Å². The monoisotopic (exact) mass is 394 g/mol. The number of ether oxygens (including phenoxy) is 1. The van der Waals surface area contributed by atoms with Crippen LogP contribution in [-0.4, -0.2) is 28.0 Å². The van der Waals surface area contributed by atoms with E-state index in [9.17, 15) is 22.8 Å². The number of fused-ring (bicyclic) bond motifs is 2. The molecular weight excluding hydrogens is 377 g/mol. The highest BCUT2D eigenvalue weighted by molar-refractivity contribution is 6.00. The van der Waals surface area contributed by atoms with Crippen molar-refractivity contribution < 1.29 is 27.5 Å². The van der Waals surface area contributed by atoms with Gasteiger partial charge in [0.2, 0.25) is 5.91 Å². The lowest BCUT2D eigenvalue weighted by molar-refractivity contribution is -0.137. The largest absolute Gasteiger partial charge is 0.479 e. The summed E-state index contributed by atoms with van der Waals surface area (Å²) in [6, 6.07) is 1.62. The van der Waals surface area contributed by atoms with Crippen molar-refractivity contribution in [1.29, 1.82) is 0 Å². The van der Waals surface area contributed by atoms with Gasteiger partial charge in [0, 0.05) is 30.8 Å². The summed E-state index contributed by atoms with van der Waals surface area (Å²) in [5.41, 5.74) is -0.285. The van der Waals surface area contributed by atoms with Crippen molar-refractivity contribution in [2.75, 3.05) is 17.2 Å². The summed E-state index contributed by atoms with van der Waals surface area (Å²) < 4.78 is 47.0. The highest BCUT2D eigenvalue weighted by atomic mass is 19.4. The number of anilines is 2. The van der Waals surface area contributed by atoms with Crippen LogP contribution in [0.5, 0.6) is 5.75 Å². The number of carbonyl (C=O) groups excluding carboxylic acids is 2. The average Bonchev–Trinajstić information content (AvgIpc) is 3.01. The molecule has 1 unspecified atom stereocenters. The molecule has 0 fully saturated rings. The van der Waals surface area contributed by atoms with Crippen LogP contribution in [0.15, 0.2) is 18.3 Å². The molecule has 0 spiro atoms. The number of amides is 2. The third-order valence-electron chi connectivity index (χ3n) is 4.96. The fraction of sp³-hybridized carbons (Fsp3) is 0.389. The van der Waals surface area contributed by atoms with Gasteiger partial charge in [0.05, 0.1) is 16.9 Å². The van der Waals surface area contributed by atoms with Crippen molar-refractivity contribution in [3.63, 3.8) is 0 Å². The van der Waals surface area contributed by atoms with Gasteiger partial charge in [-0.15, -0.1) is 0 Å². The van der Waals surface area contributed by atoms with Crippen molar-refractivity contribution in [2.45, 2.75) is 32.5 Å². The predicted octanol–water partition coefficient (Wildman–Crippen LogP) is 2.74. The topological polar surface area (TPSA) is 85.2 Å². The maximum atomic E-state index is 13.2. The van der Waals surface area contributed by atoms with E-state index in [2.05, 4.69) is 15.6 Å². The molecule has 2 N–H and O–H groups in total. The number of aromatic nitrogens is 2. The molecule has 0 saturated heterocycles. The quantitative estimate of drug-likeness (QED) is 0.820. The van der Waals surface area contributed by atoms with E-state index >= 15 is 0 Å². The van der Waals surface area contributed by atoms with Gasteiger partial charge in [-0.25, -0.2) is 4.98 Å². The standard InChI is InChI=1S/C18H17F3N4O3/c1-9-22-7-12-4-10(2-3-25(9)12)17(27)24-14-6-11(18(19,20)21)5-13-16(14)28-8-15(26)23-13/h5-7,10H,2-4,8H2,1H3,(H,23,26)(H,24,27). The van der Waals surface area contributed by atoms with E-state index < -0.39 is 29.5 Å². The first-order chi connectivity index (χ1) is 13.2. The zero-order chi connectivity index (χ0) is 20.1. The molecular formula is C18H17F3N4O3. The van der Waals surface area contributed by atoms with E-state index in [-0.39, 0.29) is 23.7 Å². The van der Waals surface area contributed by atoms with Gasteiger partial charge in [0.15, 0.2) is 12.4 Å². The second-order valence-corrected chi connectivity index (χ2v) is 6.86. The van der Waals surface area contributed by atoms with E-state index in [0.29, 0.717) is 19.4 Å². The highest BCUT2D eigenvalue weighted by Crippen LogP contribution is 2.42. The van der Waals surface area contributed by atoms with Gasteiger partial charge in [-0.3, -0.25) is 9.59 Å². The maximum absolute atomic E-state index is 13.2. The molecule has 1 aromatic heterocycles. The van der Waals surface area contributed by atoms with Crippen LogP contribution in [0.25, 0.3) is 0 Å². The van der Waals surface area contributed by atoms with Crippen molar-refractivity contribution in [1.82, 2.24) is 9.55 Å². The normalized spacial score (nSPS) is 18.6. The van der Waals surface area contributed by atoms with E-state index in [1.54, 1.807) is 6.20 Å². The van der Waals surface area contributed by atoms with Crippen molar-refractivity contribution in [2.24, 2.45) is 5.92 Å². The molecule has 2 aromatic rings. The van der Waals surface area contributed by atoms with Crippen LogP contribution in [0, 0.1) is 12.8 Å². The Morgan fingerprint density at radius 2 is 2.18 bits per heavy atom. The van der Waals surface area contributed by atoms with Crippen LogP contribution in [0.1, 0.15) is 23.5 Å². The third kappa shape index (κ3) is 3.30. The van der Waals surface area contributed by atoms with Gasteiger partial charge < -0.3 is 19.9 Å². The summed E-state index contributed by atoms with van der Waals surface area (Å²) in [6.45, 7) is 2.17. The van der Waals surface area contributed by atoms with Gasteiger partial charge in [-0.05, 0) is 25.5 Å². The zero-order valence-corrected chi connectivity index (χ0v) is 14.9. The molecule has 0 radical (unpaired) electrons. The number of rotatable bonds is 2. The van der Waals surface area contributed by atoms with E-state index in [0.717, 1.165) is 23.7 Å². The molecule has 2 aliphatic rings. The molecule has 7 nitrogen and oxygen atoms in total. The maximum Gasteiger partial charge on any atom is 0.416 e. The molecule has 148 valence electrons. The number of imidazole rings is 1. The smallest absolute Gasteiger partial charge is 0.416 e. The summed E-state index contributed by atoms with van der Waals surface area (Å²) >= 11 is 0. The fourth-order valence-corrected chi connectivity index (χ4v) is 3.54.